The summed E-state index contributed by atoms with van der Waals surface area (Å²) >= 11 is 0. The predicted molar refractivity (Wildman–Crippen MR) is 128 cm³/mol. The molecule has 2 unspecified atom stereocenters. The van der Waals surface area contributed by atoms with Crippen molar-refractivity contribution in [1.82, 2.24) is 25.8 Å². The fourth-order valence-electron chi connectivity index (χ4n) is 5.21. The second-order valence-electron chi connectivity index (χ2n) is 9.63. The monoisotopic (exact) mass is 480 g/mol. The van der Waals surface area contributed by atoms with Gasteiger partial charge in [-0.2, -0.15) is 5.21 Å². The van der Waals surface area contributed by atoms with Crippen molar-refractivity contribution >= 4 is 11.8 Å². The minimum absolute atomic E-state index is 0.0990. The van der Waals surface area contributed by atoms with E-state index in [9.17, 15) is 4.79 Å². The standard InChI is InChI=1S/C25H32N6O4/c1-16-22(31(2)25(32)33-15-17-6-3-4-7-17)23(35-28-16)18-10-12-20(13-11-18)34-21-9-5-8-19(14-21)24-26-29-30-27-24/h10-13,17,19,21H,3-9,14-15H2,1-2H3,(H,26,27,29,30). The van der Waals surface area contributed by atoms with Crippen LogP contribution >= 0.6 is 0 Å². The molecule has 0 aliphatic heterocycles. The maximum atomic E-state index is 12.7. The molecule has 3 aromatic rings. The summed E-state index contributed by atoms with van der Waals surface area (Å²) < 4.78 is 17.5. The number of hydrogen-bond donors (Lipinski definition) is 1. The highest BCUT2D eigenvalue weighted by Crippen LogP contribution is 2.36. The molecule has 2 aliphatic rings. The van der Waals surface area contributed by atoms with Crippen LogP contribution in [0, 0.1) is 12.8 Å². The fraction of sp³-hybridized carbons (Fsp3) is 0.560. The smallest absolute Gasteiger partial charge is 0.414 e. The number of ether oxygens (including phenoxy) is 2. The molecule has 1 N–H and O–H groups in total. The summed E-state index contributed by atoms with van der Waals surface area (Å²) in [6.07, 6.45) is 8.35. The molecule has 0 saturated heterocycles. The van der Waals surface area contributed by atoms with E-state index in [1.165, 1.54) is 17.7 Å². The molecule has 5 rings (SSSR count). The predicted octanol–water partition coefficient (Wildman–Crippen LogP) is 5.03. The molecule has 2 atom stereocenters. The molecular formula is C25H32N6O4. The van der Waals surface area contributed by atoms with E-state index < -0.39 is 6.09 Å². The number of H-pyrrole nitrogens is 1. The molecule has 35 heavy (non-hydrogen) atoms. The Morgan fingerprint density at radius 1 is 1.14 bits per heavy atom. The maximum Gasteiger partial charge on any atom is 0.414 e. The van der Waals surface area contributed by atoms with Gasteiger partial charge in [0.1, 0.15) is 17.1 Å². The van der Waals surface area contributed by atoms with Crippen molar-refractivity contribution < 1.29 is 18.8 Å². The molecule has 2 heterocycles. The Kier molecular flexibility index (Phi) is 6.96. The molecule has 0 bridgehead atoms. The molecule has 2 aliphatic carbocycles. The first-order chi connectivity index (χ1) is 17.1. The second-order valence-corrected chi connectivity index (χ2v) is 9.63. The van der Waals surface area contributed by atoms with Crippen molar-refractivity contribution in [2.45, 2.75) is 70.3 Å². The molecule has 10 nitrogen and oxygen atoms in total. The normalized spacial score (nSPS) is 20.6. The van der Waals surface area contributed by atoms with Crippen LogP contribution in [0.1, 0.15) is 68.8 Å². The van der Waals surface area contributed by atoms with Crippen LogP contribution in [-0.2, 0) is 4.74 Å². The first-order valence-corrected chi connectivity index (χ1v) is 12.5. The van der Waals surface area contributed by atoms with Crippen LogP contribution in [-0.4, -0.2) is 51.6 Å². The van der Waals surface area contributed by atoms with Crippen LogP contribution in [0.25, 0.3) is 11.3 Å². The number of aromatic amines is 1. The quantitative estimate of drug-likeness (QED) is 0.500. The molecule has 186 valence electrons. The molecular weight excluding hydrogens is 448 g/mol. The van der Waals surface area contributed by atoms with Crippen LogP contribution in [0.3, 0.4) is 0 Å². The Morgan fingerprint density at radius 2 is 1.94 bits per heavy atom. The first-order valence-electron chi connectivity index (χ1n) is 12.5. The molecule has 0 spiro atoms. The Morgan fingerprint density at radius 3 is 2.69 bits per heavy atom. The van der Waals surface area contributed by atoms with Crippen LogP contribution in [0.15, 0.2) is 28.8 Å². The second kappa shape index (κ2) is 10.5. The van der Waals surface area contributed by atoms with Crippen molar-refractivity contribution in [3.8, 4) is 17.1 Å². The fourth-order valence-corrected chi connectivity index (χ4v) is 5.21. The van der Waals surface area contributed by atoms with Gasteiger partial charge < -0.3 is 14.0 Å². The number of anilines is 1. The Balaban J connectivity index is 1.23. The molecule has 2 aromatic heterocycles. The Bertz CT molecular complexity index is 1110. The van der Waals surface area contributed by atoms with Gasteiger partial charge in [0.25, 0.3) is 0 Å². The number of nitrogens with one attached hydrogen (secondary N) is 1. The van der Waals surface area contributed by atoms with Crippen molar-refractivity contribution in [3.63, 3.8) is 0 Å². The molecule has 1 aromatic carbocycles. The van der Waals surface area contributed by atoms with Gasteiger partial charge in [0.05, 0.1) is 12.7 Å². The highest BCUT2D eigenvalue weighted by molar-refractivity contribution is 5.92. The number of aryl methyl sites for hydroxylation is 1. The zero-order valence-electron chi connectivity index (χ0n) is 20.3. The molecule has 1 amide bonds. The number of benzene rings is 1. The third-order valence-corrected chi connectivity index (χ3v) is 7.13. The van der Waals surface area contributed by atoms with Crippen LogP contribution < -0.4 is 9.64 Å². The van der Waals surface area contributed by atoms with Gasteiger partial charge in [-0.15, -0.1) is 10.2 Å². The number of aromatic nitrogens is 5. The van der Waals surface area contributed by atoms with Gasteiger partial charge in [0.15, 0.2) is 11.6 Å². The van der Waals surface area contributed by atoms with Gasteiger partial charge in [0, 0.05) is 18.5 Å². The van der Waals surface area contributed by atoms with Crippen molar-refractivity contribution in [2.24, 2.45) is 5.92 Å². The Hall–Kier alpha value is -3.43. The van der Waals surface area contributed by atoms with Crippen molar-refractivity contribution in [1.29, 1.82) is 0 Å². The lowest BCUT2D eigenvalue weighted by atomic mass is 9.86. The molecule has 10 heteroatoms. The van der Waals surface area contributed by atoms with E-state index in [1.807, 2.05) is 31.2 Å². The number of hydrogen-bond acceptors (Lipinski definition) is 8. The largest absolute Gasteiger partial charge is 0.490 e. The maximum absolute atomic E-state index is 12.7. The average molecular weight is 481 g/mol. The molecule has 2 saturated carbocycles. The first kappa shape index (κ1) is 23.3. The number of rotatable bonds is 7. The van der Waals surface area contributed by atoms with Gasteiger partial charge in [0.2, 0.25) is 0 Å². The Labute approximate surface area is 204 Å². The average Bonchev–Trinajstić information content (AvgIpc) is 3.65. The van der Waals surface area contributed by atoms with E-state index >= 15 is 0 Å². The minimum Gasteiger partial charge on any atom is -0.490 e. The number of tetrazole rings is 1. The van der Waals surface area contributed by atoms with Crippen LogP contribution in [0.5, 0.6) is 5.75 Å². The summed E-state index contributed by atoms with van der Waals surface area (Å²) in [7, 11) is 1.70. The zero-order chi connectivity index (χ0) is 24.2. The third kappa shape index (κ3) is 5.31. The van der Waals surface area contributed by atoms with E-state index in [4.69, 9.17) is 14.0 Å². The summed E-state index contributed by atoms with van der Waals surface area (Å²) in [5.41, 5.74) is 2.07. The summed E-state index contributed by atoms with van der Waals surface area (Å²) in [6, 6.07) is 7.70. The summed E-state index contributed by atoms with van der Waals surface area (Å²) in [5, 5.41) is 18.6. The lowest BCUT2D eigenvalue weighted by Gasteiger charge is -2.27. The summed E-state index contributed by atoms with van der Waals surface area (Å²) in [6.45, 7) is 2.29. The third-order valence-electron chi connectivity index (χ3n) is 7.13. The summed E-state index contributed by atoms with van der Waals surface area (Å²) in [5.74, 6) is 2.80. The van der Waals surface area contributed by atoms with Gasteiger partial charge >= 0.3 is 6.09 Å². The van der Waals surface area contributed by atoms with Crippen LogP contribution in [0.2, 0.25) is 0 Å². The van der Waals surface area contributed by atoms with E-state index in [1.54, 1.807) is 7.05 Å². The summed E-state index contributed by atoms with van der Waals surface area (Å²) in [4.78, 5) is 14.2. The van der Waals surface area contributed by atoms with Gasteiger partial charge in [-0.25, -0.2) is 4.79 Å². The molecule has 0 radical (unpaired) electrons. The zero-order valence-corrected chi connectivity index (χ0v) is 20.3. The van der Waals surface area contributed by atoms with Crippen molar-refractivity contribution in [3.05, 3.63) is 35.8 Å². The van der Waals surface area contributed by atoms with Crippen molar-refractivity contribution in [2.75, 3.05) is 18.6 Å². The van der Waals surface area contributed by atoms with E-state index in [0.29, 0.717) is 29.7 Å². The molecule has 2 fully saturated rings. The topological polar surface area (TPSA) is 119 Å². The lowest BCUT2D eigenvalue weighted by Crippen LogP contribution is -2.29. The van der Waals surface area contributed by atoms with Crippen LogP contribution in [0.4, 0.5) is 10.5 Å². The number of amides is 1. The SMILES string of the molecule is Cc1noc(-c2ccc(OC3CCCC(c4nn[nH]n4)C3)cc2)c1N(C)C(=O)OCC1CCCC1. The lowest BCUT2D eigenvalue weighted by molar-refractivity contribution is 0.136. The van der Waals surface area contributed by atoms with E-state index in [-0.39, 0.29) is 12.0 Å². The van der Waals surface area contributed by atoms with Gasteiger partial charge in [-0.3, -0.25) is 4.90 Å². The highest BCUT2D eigenvalue weighted by atomic mass is 16.6. The number of carbonyl (C=O) groups is 1. The van der Waals surface area contributed by atoms with E-state index in [0.717, 1.165) is 55.7 Å². The van der Waals surface area contributed by atoms with E-state index in [2.05, 4.69) is 25.8 Å². The minimum atomic E-state index is -0.391. The highest BCUT2D eigenvalue weighted by Gasteiger charge is 2.28. The van der Waals surface area contributed by atoms with Gasteiger partial charge in [-0.05, 0) is 75.6 Å². The van der Waals surface area contributed by atoms with Gasteiger partial charge in [-0.1, -0.05) is 23.2 Å². The number of nitrogens with zero attached hydrogens (tertiary/aromatic N) is 5. The number of carbonyl (C=O) groups excluding carboxylic acids is 1.